The van der Waals surface area contributed by atoms with Gasteiger partial charge >= 0.3 is 5.97 Å². The molecule has 1 fully saturated rings. The molecule has 12 nitrogen and oxygen atoms in total. The first kappa shape index (κ1) is 57.5. The minimum atomic E-state index is -1.57. The molecule has 0 spiro atoms. The van der Waals surface area contributed by atoms with Gasteiger partial charge < -0.3 is 52.5 Å². The highest BCUT2D eigenvalue weighted by Gasteiger charge is 2.52. The second kappa shape index (κ2) is 31.6. The largest absolute Gasteiger partial charge is 0.479 e. The average molecular weight is 1080 g/mol. The summed E-state index contributed by atoms with van der Waals surface area (Å²) in [7, 11) is 0. The summed E-state index contributed by atoms with van der Waals surface area (Å²) in [5.41, 5.74) is 7.13. The maximum Gasteiger partial charge on any atom is 0.335 e. The Balaban J connectivity index is 1.15. The van der Waals surface area contributed by atoms with E-state index >= 15 is 0 Å². The first-order valence-electron chi connectivity index (χ1n) is 27.2. The van der Waals surface area contributed by atoms with Crippen LogP contribution < -0.4 is 0 Å². The summed E-state index contributed by atoms with van der Waals surface area (Å²) in [5, 5.41) is 11.3. The molecule has 1 aliphatic heterocycles. The SMILES string of the molecule is O=C(O)[C@@H](OCc1ccccc1)[C@@H](OCc1ccccc1)[C@@H](OCc1ccccc1)[C@@H](COCc1ccccc1)O[C@H]1O[C@H](COCc2ccccc2)[C@@H](OCc2ccccc2)[C@H](OCc2ccccc2)[C@@H]1OCc1ccccc1. The van der Waals surface area contributed by atoms with Crippen LogP contribution in [0.4, 0.5) is 0 Å². The molecule has 80 heavy (non-hydrogen) atoms. The van der Waals surface area contributed by atoms with Gasteiger partial charge in [-0.05, 0) is 44.5 Å². The van der Waals surface area contributed by atoms with E-state index in [0.29, 0.717) is 6.61 Å². The normalized spacial score (nSPS) is 18.7. The summed E-state index contributed by atoms with van der Waals surface area (Å²) in [6.45, 7) is 1.08. The highest BCUT2D eigenvalue weighted by atomic mass is 16.7. The lowest BCUT2D eigenvalue weighted by atomic mass is 9.97. The Labute approximate surface area is 469 Å². The highest BCUT2D eigenvalue weighted by molar-refractivity contribution is 5.73. The van der Waals surface area contributed by atoms with Crippen LogP contribution in [0.1, 0.15) is 44.5 Å². The van der Waals surface area contributed by atoms with Crippen molar-refractivity contribution >= 4 is 5.97 Å². The summed E-state index contributed by atoms with van der Waals surface area (Å²) >= 11 is 0. The van der Waals surface area contributed by atoms with E-state index in [1.54, 1.807) is 0 Å². The van der Waals surface area contributed by atoms with E-state index in [0.717, 1.165) is 44.5 Å². The molecule has 1 saturated heterocycles. The first-order valence-corrected chi connectivity index (χ1v) is 27.2. The molecule has 1 N–H and O–H groups in total. The number of rotatable bonds is 32. The number of hydrogen-bond donors (Lipinski definition) is 1. The molecule has 0 amide bonds. The molecule has 1 aliphatic rings. The van der Waals surface area contributed by atoms with Crippen molar-refractivity contribution in [3.63, 3.8) is 0 Å². The lowest BCUT2D eigenvalue weighted by molar-refractivity contribution is -0.347. The molecule has 414 valence electrons. The third-order valence-electron chi connectivity index (χ3n) is 13.6. The van der Waals surface area contributed by atoms with Crippen LogP contribution in [0.15, 0.2) is 243 Å². The van der Waals surface area contributed by atoms with Crippen LogP contribution in [-0.2, 0) is 105 Å². The molecule has 0 aliphatic carbocycles. The van der Waals surface area contributed by atoms with Gasteiger partial charge in [-0.3, -0.25) is 0 Å². The van der Waals surface area contributed by atoms with Crippen molar-refractivity contribution in [1.29, 1.82) is 0 Å². The number of carboxylic acid groups (broad SMARTS) is 1. The fourth-order valence-electron chi connectivity index (χ4n) is 9.48. The Kier molecular flexibility index (Phi) is 22.7. The minimum absolute atomic E-state index is 0.0200. The number of ether oxygens (including phenoxy) is 10. The smallest absolute Gasteiger partial charge is 0.335 e. The predicted octanol–water partition coefficient (Wildman–Crippen LogP) is 12.1. The number of carbonyl (C=O) groups is 1. The zero-order chi connectivity index (χ0) is 54.8. The van der Waals surface area contributed by atoms with Crippen molar-refractivity contribution in [2.45, 2.75) is 108 Å². The van der Waals surface area contributed by atoms with E-state index in [9.17, 15) is 9.90 Å². The summed E-state index contributed by atoms with van der Waals surface area (Å²) in [6.07, 6.45) is -9.84. The van der Waals surface area contributed by atoms with Crippen molar-refractivity contribution in [3.8, 4) is 0 Å². The molecule has 8 aromatic rings. The predicted molar refractivity (Wildman–Crippen MR) is 303 cm³/mol. The molecule has 0 aromatic heterocycles. The van der Waals surface area contributed by atoms with E-state index in [1.807, 2.05) is 243 Å². The number of benzene rings is 8. The van der Waals surface area contributed by atoms with Crippen LogP contribution in [0.3, 0.4) is 0 Å². The monoisotopic (exact) mass is 1080 g/mol. The second-order valence-corrected chi connectivity index (χ2v) is 19.6. The summed E-state index contributed by atoms with van der Waals surface area (Å²) in [4.78, 5) is 13.9. The summed E-state index contributed by atoms with van der Waals surface area (Å²) in [5.74, 6) is -1.25. The summed E-state index contributed by atoms with van der Waals surface area (Å²) < 4.78 is 69.5. The maximum atomic E-state index is 13.9. The van der Waals surface area contributed by atoms with Crippen molar-refractivity contribution in [2.75, 3.05) is 13.2 Å². The Morgan fingerprint density at radius 1 is 0.375 bits per heavy atom. The Hall–Kier alpha value is -7.17. The Morgan fingerprint density at radius 3 is 1.10 bits per heavy atom. The van der Waals surface area contributed by atoms with E-state index < -0.39 is 61.1 Å². The Bertz CT molecular complexity index is 2930. The molecule has 9 atom stereocenters. The maximum absolute atomic E-state index is 13.9. The zero-order valence-corrected chi connectivity index (χ0v) is 44.8. The fraction of sp³-hybridized carbons (Fsp3) is 0.279. The number of aliphatic carboxylic acids is 1. The third kappa shape index (κ3) is 17.9. The van der Waals surface area contributed by atoms with Gasteiger partial charge in [0.25, 0.3) is 0 Å². The molecular formula is C68H70O12. The molecule has 0 bridgehead atoms. The van der Waals surface area contributed by atoms with Gasteiger partial charge in [-0.15, -0.1) is 0 Å². The first-order chi connectivity index (χ1) is 39.5. The lowest BCUT2D eigenvalue weighted by Gasteiger charge is -2.47. The topological polar surface area (TPSA) is 130 Å². The molecule has 0 radical (unpaired) electrons. The lowest BCUT2D eigenvalue weighted by Crippen LogP contribution is -2.63. The Morgan fingerprint density at radius 2 is 0.700 bits per heavy atom. The van der Waals surface area contributed by atoms with Crippen molar-refractivity contribution in [2.24, 2.45) is 0 Å². The van der Waals surface area contributed by atoms with Crippen LogP contribution in [-0.4, -0.2) is 79.4 Å². The van der Waals surface area contributed by atoms with E-state index in [1.165, 1.54) is 0 Å². The van der Waals surface area contributed by atoms with Gasteiger partial charge in [0.05, 0.1) is 66.1 Å². The van der Waals surface area contributed by atoms with Crippen molar-refractivity contribution in [1.82, 2.24) is 0 Å². The molecule has 8 aromatic carbocycles. The van der Waals surface area contributed by atoms with Gasteiger partial charge in [-0.1, -0.05) is 243 Å². The zero-order valence-electron chi connectivity index (χ0n) is 44.8. The van der Waals surface area contributed by atoms with Crippen LogP contribution >= 0.6 is 0 Å². The fourth-order valence-corrected chi connectivity index (χ4v) is 9.48. The van der Waals surface area contributed by atoms with Gasteiger partial charge in [0.15, 0.2) is 12.4 Å². The number of carboxylic acids is 1. The molecule has 1 heterocycles. The van der Waals surface area contributed by atoms with Crippen molar-refractivity contribution < 1.29 is 57.3 Å². The van der Waals surface area contributed by atoms with Crippen molar-refractivity contribution in [3.05, 3.63) is 287 Å². The molecular weight excluding hydrogens is 1010 g/mol. The average Bonchev–Trinajstić information content (AvgIpc) is 3.52. The van der Waals surface area contributed by atoms with Gasteiger partial charge in [0.1, 0.15) is 42.7 Å². The second-order valence-electron chi connectivity index (χ2n) is 19.6. The number of hydrogen-bond acceptors (Lipinski definition) is 11. The van der Waals surface area contributed by atoms with Gasteiger partial charge in [0.2, 0.25) is 0 Å². The van der Waals surface area contributed by atoms with E-state index in [-0.39, 0.29) is 59.5 Å². The molecule has 9 rings (SSSR count). The van der Waals surface area contributed by atoms with E-state index in [4.69, 9.17) is 47.4 Å². The minimum Gasteiger partial charge on any atom is -0.479 e. The van der Waals surface area contributed by atoms with Gasteiger partial charge in [-0.2, -0.15) is 0 Å². The molecule has 0 saturated carbocycles. The molecule has 0 unspecified atom stereocenters. The van der Waals surface area contributed by atoms with Crippen LogP contribution in [0.25, 0.3) is 0 Å². The van der Waals surface area contributed by atoms with Crippen LogP contribution in [0.5, 0.6) is 0 Å². The molecule has 12 heteroatoms. The quantitative estimate of drug-likeness (QED) is 0.0431. The van der Waals surface area contributed by atoms with Crippen LogP contribution in [0, 0.1) is 0 Å². The summed E-state index contributed by atoms with van der Waals surface area (Å²) in [6, 6.07) is 78.1. The highest BCUT2D eigenvalue weighted by Crippen LogP contribution is 2.34. The van der Waals surface area contributed by atoms with Crippen LogP contribution in [0.2, 0.25) is 0 Å². The van der Waals surface area contributed by atoms with Gasteiger partial charge in [0, 0.05) is 0 Å². The third-order valence-corrected chi connectivity index (χ3v) is 13.6. The van der Waals surface area contributed by atoms with Gasteiger partial charge in [-0.25, -0.2) is 4.79 Å². The standard InChI is InChI=1S/C68H70O12/c69-67(70)65(77-47-57-37-21-7-22-38-57)63(75-45-55-33-17-5-18-34-55)61(73-43-53-29-13-3-14-30-53)59(49-71-41-51-25-9-1-10-26-51)79-68-66(78-48-58-39-23-8-24-40-58)64(76-46-56-35-19-6-20-36-56)62(74-44-54-31-15-4-16-32-54)60(80-68)50-72-42-52-27-11-2-12-28-52/h1-40,59-66,68H,41-50H2,(H,69,70)/t59-,60-,61+,62-,63+,64+,65+,66+,68+/m1/s1. The van der Waals surface area contributed by atoms with E-state index in [2.05, 4.69) is 0 Å².